The van der Waals surface area contributed by atoms with Crippen molar-refractivity contribution in [3.63, 3.8) is 0 Å². The largest absolute Gasteiger partial charge is 0.367 e. The Labute approximate surface area is 103 Å². The molecule has 1 heterocycles. The third-order valence-electron chi connectivity index (χ3n) is 1.94. The van der Waals surface area contributed by atoms with Crippen molar-refractivity contribution in [2.75, 3.05) is 5.32 Å². The number of carbonyl (C=O) groups excluding carboxylic acids is 1. The predicted octanol–water partition coefficient (Wildman–Crippen LogP) is 2.75. The van der Waals surface area contributed by atoms with E-state index >= 15 is 0 Å². The van der Waals surface area contributed by atoms with Crippen molar-refractivity contribution in [2.45, 2.75) is 52.6 Å². The number of anilines is 1. The van der Waals surface area contributed by atoms with E-state index in [-0.39, 0.29) is 17.0 Å². The van der Waals surface area contributed by atoms with E-state index in [2.05, 4.69) is 36.4 Å². The summed E-state index contributed by atoms with van der Waals surface area (Å²) in [5.74, 6) is 0.798. The molecule has 4 nitrogen and oxygen atoms in total. The molecule has 0 bridgehead atoms. The van der Waals surface area contributed by atoms with Crippen molar-refractivity contribution in [1.29, 1.82) is 0 Å². The molecule has 0 aliphatic heterocycles. The van der Waals surface area contributed by atoms with Crippen molar-refractivity contribution in [3.8, 4) is 0 Å². The molecule has 3 N–H and O–H groups in total. The Balaban J connectivity index is 2.72. The lowest BCUT2D eigenvalue weighted by Gasteiger charge is -2.21. The number of nitrogens with one attached hydrogen (secondary N) is 3. The molecule has 0 unspecified atom stereocenters. The normalized spacial score (nSPS) is 12.4. The summed E-state index contributed by atoms with van der Waals surface area (Å²) in [6.45, 7) is 12.1. The van der Waals surface area contributed by atoms with Gasteiger partial charge in [0.2, 0.25) is 0 Å². The average Bonchev–Trinajstić information content (AvgIpc) is 2.45. The van der Waals surface area contributed by atoms with Crippen LogP contribution in [0.5, 0.6) is 0 Å². The number of H-pyrrole nitrogens is 1. The van der Waals surface area contributed by atoms with E-state index in [4.69, 9.17) is 0 Å². The summed E-state index contributed by atoms with van der Waals surface area (Å²) in [5.41, 5.74) is 0.404. The monoisotopic (exact) mass is 237 g/mol. The minimum atomic E-state index is -0.216. The van der Waals surface area contributed by atoms with Crippen molar-refractivity contribution in [1.82, 2.24) is 10.3 Å². The molecule has 1 aromatic heterocycles. The maximum Gasteiger partial charge on any atom is 0.253 e. The van der Waals surface area contributed by atoms with E-state index in [9.17, 15) is 4.79 Å². The van der Waals surface area contributed by atoms with Crippen LogP contribution in [0.1, 0.15) is 51.9 Å². The standard InChI is InChI=1S/C13H23N3O/c1-12(2,3)15-10-7-9(8-14-10)11(17)16-13(4,5)6/h7-8,14-15H,1-6H3,(H,16,17). The Hall–Kier alpha value is -1.45. The maximum absolute atomic E-state index is 11.9. The maximum atomic E-state index is 11.9. The van der Waals surface area contributed by atoms with E-state index in [1.165, 1.54) is 0 Å². The molecule has 0 saturated heterocycles. The Morgan fingerprint density at radius 1 is 1.12 bits per heavy atom. The Morgan fingerprint density at radius 2 is 1.71 bits per heavy atom. The Bertz CT molecular complexity index is 394. The summed E-state index contributed by atoms with van der Waals surface area (Å²) >= 11 is 0. The molecule has 96 valence electrons. The van der Waals surface area contributed by atoms with Crippen LogP contribution in [0.3, 0.4) is 0 Å². The van der Waals surface area contributed by atoms with Gasteiger partial charge in [0.05, 0.1) is 5.56 Å². The van der Waals surface area contributed by atoms with Gasteiger partial charge in [0.15, 0.2) is 0 Å². The topological polar surface area (TPSA) is 56.9 Å². The molecular formula is C13H23N3O. The fourth-order valence-electron chi connectivity index (χ4n) is 1.41. The highest BCUT2D eigenvalue weighted by Gasteiger charge is 2.17. The number of carbonyl (C=O) groups is 1. The number of hydrogen-bond donors (Lipinski definition) is 3. The van der Waals surface area contributed by atoms with Gasteiger partial charge in [-0.15, -0.1) is 0 Å². The van der Waals surface area contributed by atoms with Crippen LogP contribution >= 0.6 is 0 Å². The molecule has 0 spiro atoms. The van der Waals surface area contributed by atoms with Gasteiger partial charge in [0, 0.05) is 17.3 Å². The minimum absolute atomic E-state index is 0.0252. The molecule has 0 aliphatic carbocycles. The fourth-order valence-corrected chi connectivity index (χ4v) is 1.41. The van der Waals surface area contributed by atoms with Crippen LogP contribution < -0.4 is 10.6 Å². The van der Waals surface area contributed by atoms with Gasteiger partial charge in [-0.2, -0.15) is 0 Å². The molecule has 0 atom stereocenters. The van der Waals surface area contributed by atoms with Crippen molar-refractivity contribution in [3.05, 3.63) is 17.8 Å². The summed E-state index contributed by atoms with van der Waals surface area (Å²) in [6, 6.07) is 1.83. The van der Waals surface area contributed by atoms with Crippen LogP contribution in [-0.4, -0.2) is 22.0 Å². The van der Waals surface area contributed by atoms with Crippen LogP contribution in [0.25, 0.3) is 0 Å². The Morgan fingerprint density at radius 3 is 2.18 bits per heavy atom. The second-order valence-corrected chi connectivity index (χ2v) is 6.38. The minimum Gasteiger partial charge on any atom is -0.367 e. The average molecular weight is 237 g/mol. The quantitative estimate of drug-likeness (QED) is 0.740. The summed E-state index contributed by atoms with van der Waals surface area (Å²) in [7, 11) is 0. The SMILES string of the molecule is CC(C)(C)NC(=O)c1c[nH]c(NC(C)(C)C)c1. The van der Waals surface area contributed by atoms with Crippen molar-refractivity contribution in [2.24, 2.45) is 0 Å². The number of rotatable bonds is 2. The zero-order valence-electron chi connectivity index (χ0n) is 11.6. The van der Waals surface area contributed by atoms with Gasteiger partial charge in [-0.25, -0.2) is 0 Å². The smallest absolute Gasteiger partial charge is 0.253 e. The van der Waals surface area contributed by atoms with E-state index in [1.54, 1.807) is 6.20 Å². The zero-order chi connectivity index (χ0) is 13.3. The molecule has 4 heteroatoms. The molecular weight excluding hydrogens is 214 g/mol. The van der Waals surface area contributed by atoms with Gasteiger partial charge in [-0.05, 0) is 47.6 Å². The lowest BCUT2D eigenvalue weighted by atomic mass is 10.1. The van der Waals surface area contributed by atoms with E-state index < -0.39 is 0 Å². The molecule has 0 saturated carbocycles. The molecule has 1 amide bonds. The fraction of sp³-hybridized carbons (Fsp3) is 0.615. The number of aromatic amines is 1. The molecule has 1 rings (SSSR count). The third kappa shape index (κ3) is 4.93. The number of amides is 1. The first-order chi connectivity index (χ1) is 7.57. The summed E-state index contributed by atoms with van der Waals surface area (Å²) in [5, 5.41) is 6.21. The summed E-state index contributed by atoms with van der Waals surface area (Å²) < 4.78 is 0. The summed E-state index contributed by atoms with van der Waals surface area (Å²) in [6.07, 6.45) is 1.72. The van der Waals surface area contributed by atoms with Gasteiger partial charge >= 0.3 is 0 Å². The van der Waals surface area contributed by atoms with Crippen LogP contribution in [-0.2, 0) is 0 Å². The molecule has 1 aromatic rings. The van der Waals surface area contributed by atoms with E-state index in [0.29, 0.717) is 5.56 Å². The first-order valence-corrected chi connectivity index (χ1v) is 5.86. The molecule has 0 fully saturated rings. The van der Waals surface area contributed by atoms with Gasteiger partial charge in [0.25, 0.3) is 5.91 Å². The van der Waals surface area contributed by atoms with Crippen molar-refractivity contribution >= 4 is 11.7 Å². The number of aromatic nitrogens is 1. The highest BCUT2D eigenvalue weighted by Crippen LogP contribution is 2.15. The first-order valence-electron chi connectivity index (χ1n) is 5.86. The van der Waals surface area contributed by atoms with Crippen LogP contribution in [0.2, 0.25) is 0 Å². The van der Waals surface area contributed by atoms with Gasteiger partial charge in [-0.1, -0.05) is 0 Å². The Kier molecular flexibility index (Phi) is 3.55. The van der Waals surface area contributed by atoms with Gasteiger partial charge in [0.1, 0.15) is 5.82 Å². The number of hydrogen-bond acceptors (Lipinski definition) is 2. The molecule has 17 heavy (non-hydrogen) atoms. The van der Waals surface area contributed by atoms with Crippen molar-refractivity contribution < 1.29 is 4.79 Å². The second kappa shape index (κ2) is 4.43. The zero-order valence-corrected chi connectivity index (χ0v) is 11.6. The summed E-state index contributed by atoms with van der Waals surface area (Å²) in [4.78, 5) is 14.9. The van der Waals surface area contributed by atoms with Crippen LogP contribution in [0.4, 0.5) is 5.82 Å². The second-order valence-electron chi connectivity index (χ2n) is 6.38. The molecule has 0 aromatic carbocycles. The molecule has 0 aliphatic rings. The van der Waals surface area contributed by atoms with Gasteiger partial charge < -0.3 is 15.6 Å². The lowest BCUT2D eigenvalue weighted by Crippen LogP contribution is -2.40. The highest BCUT2D eigenvalue weighted by molar-refractivity contribution is 5.95. The third-order valence-corrected chi connectivity index (χ3v) is 1.94. The first kappa shape index (κ1) is 13.6. The van der Waals surface area contributed by atoms with Crippen LogP contribution in [0.15, 0.2) is 12.3 Å². The van der Waals surface area contributed by atoms with E-state index in [0.717, 1.165) is 5.82 Å². The van der Waals surface area contributed by atoms with E-state index in [1.807, 2.05) is 26.8 Å². The molecule has 0 radical (unpaired) electrons. The highest BCUT2D eigenvalue weighted by atomic mass is 16.1. The lowest BCUT2D eigenvalue weighted by molar-refractivity contribution is 0.0919. The van der Waals surface area contributed by atoms with Crippen LogP contribution in [0, 0.1) is 0 Å². The van der Waals surface area contributed by atoms with Gasteiger partial charge in [-0.3, -0.25) is 4.79 Å². The predicted molar refractivity (Wildman–Crippen MR) is 71.4 cm³/mol.